The number of fused-ring (bicyclic) bond motifs is 1. The van der Waals surface area contributed by atoms with E-state index in [4.69, 9.17) is 15.1 Å². The molecule has 3 aromatic rings. The van der Waals surface area contributed by atoms with Gasteiger partial charge in [-0.05, 0) is 44.0 Å². The van der Waals surface area contributed by atoms with Crippen molar-refractivity contribution in [1.82, 2.24) is 30.0 Å². The zero-order valence-corrected chi connectivity index (χ0v) is 20.3. The highest BCUT2D eigenvalue weighted by molar-refractivity contribution is 5.91. The summed E-state index contributed by atoms with van der Waals surface area (Å²) in [6, 6.07) is 6.30. The number of piperazine rings is 1. The van der Waals surface area contributed by atoms with Gasteiger partial charge in [-0.1, -0.05) is 26.7 Å². The minimum absolute atomic E-state index is 0.00452. The highest BCUT2D eigenvalue weighted by Gasteiger charge is 2.26. The van der Waals surface area contributed by atoms with E-state index in [2.05, 4.69) is 24.1 Å². The van der Waals surface area contributed by atoms with E-state index in [0.717, 1.165) is 66.2 Å². The Bertz CT molecular complexity index is 1120. The number of carbonyl (C=O) groups excluding carboxylic acids is 1. The van der Waals surface area contributed by atoms with E-state index in [1.165, 1.54) is 12.1 Å². The second kappa shape index (κ2) is 10.8. The molecule has 2 amide bonds. The number of aryl methyl sites for hydroxylation is 2. The topological polar surface area (TPSA) is 79.2 Å². The smallest absolute Gasteiger partial charge is 0.317 e. The maximum absolute atomic E-state index is 13.5. The third kappa shape index (κ3) is 5.13. The first-order valence-corrected chi connectivity index (χ1v) is 12.3. The Hall–Kier alpha value is -3.23. The Kier molecular flexibility index (Phi) is 7.59. The maximum Gasteiger partial charge on any atom is 0.317 e. The van der Waals surface area contributed by atoms with Crippen LogP contribution in [0.1, 0.15) is 51.0 Å². The molecule has 1 aliphatic rings. The Balaban J connectivity index is 1.64. The number of aromatic nitrogens is 4. The van der Waals surface area contributed by atoms with Crippen molar-refractivity contribution >= 4 is 22.9 Å². The van der Waals surface area contributed by atoms with Crippen molar-refractivity contribution in [2.24, 2.45) is 0 Å². The fourth-order valence-corrected chi connectivity index (χ4v) is 4.25. The molecule has 0 atom stereocenters. The zero-order chi connectivity index (χ0) is 24.1. The van der Waals surface area contributed by atoms with Crippen LogP contribution < -0.4 is 10.2 Å². The SMILES string of the molecule is CCCCNC(=O)N1CCN(c2nc(CCCC)nc3c2c(C)nn3-c2ccc(F)cc2)CC1. The van der Waals surface area contributed by atoms with Crippen molar-refractivity contribution < 1.29 is 9.18 Å². The summed E-state index contributed by atoms with van der Waals surface area (Å²) >= 11 is 0. The molecule has 1 aliphatic heterocycles. The third-order valence-corrected chi connectivity index (χ3v) is 6.23. The third-order valence-electron chi connectivity index (χ3n) is 6.23. The number of nitrogens with one attached hydrogen (secondary N) is 1. The van der Waals surface area contributed by atoms with Gasteiger partial charge >= 0.3 is 6.03 Å². The van der Waals surface area contributed by atoms with E-state index in [-0.39, 0.29) is 11.8 Å². The van der Waals surface area contributed by atoms with E-state index in [1.807, 2.05) is 11.8 Å². The summed E-state index contributed by atoms with van der Waals surface area (Å²) in [5, 5.41) is 8.66. The number of hydrogen-bond donors (Lipinski definition) is 1. The molecule has 4 rings (SSSR count). The molecule has 1 aromatic carbocycles. The maximum atomic E-state index is 13.5. The minimum atomic E-state index is -0.285. The molecule has 8 nitrogen and oxygen atoms in total. The van der Waals surface area contributed by atoms with Crippen LogP contribution in [0.4, 0.5) is 15.0 Å². The van der Waals surface area contributed by atoms with Gasteiger partial charge in [0, 0.05) is 39.1 Å². The van der Waals surface area contributed by atoms with Gasteiger partial charge in [-0.2, -0.15) is 5.10 Å². The Morgan fingerprint density at radius 3 is 2.41 bits per heavy atom. The van der Waals surface area contributed by atoms with Crippen molar-refractivity contribution in [3.8, 4) is 5.69 Å². The van der Waals surface area contributed by atoms with Crippen LogP contribution in [0, 0.1) is 12.7 Å². The molecule has 1 saturated heterocycles. The van der Waals surface area contributed by atoms with E-state index in [1.54, 1.807) is 16.8 Å². The van der Waals surface area contributed by atoms with Crippen molar-refractivity contribution in [2.45, 2.75) is 52.9 Å². The van der Waals surface area contributed by atoms with Gasteiger partial charge in [0.25, 0.3) is 0 Å². The van der Waals surface area contributed by atoms with E-state index in [0.29, 0.717) is 32.7 Å². The summed E-state index contributed by atoms with van der Waals surface area (Å²) in [6.45, 7) is 9.60. The van der Waals surface area contributed by atoms with Gasteiger partial charge in [-0.3, -0.25) is 0 Å². The van der Waals surface area contributed by atoms with E-state index in [9.17, 15) is 9.18 Å². The summed E-state index contributed by atoms with van der Waals surface area (Å²) in [5.41, 5.74) is 2.33. The average molecular weight is 468 g/mol. The normalized spacial score (nSPS) is 14.1. The lowest BCUT2D eigenvalue weighted by atomic mass is 10.2. The molecule has 0 spiro atoms. The summed E-state index contributed by atoms with van der Waals surface area (Å²) in [5.74, 6) is 1.37. The molecule has 3 heterocycles. The second-order valence-corrected chi connectivity index (χ2v) is 8.80. The number of carbonyl (C=O) groups is 1. The van der Waals surface area contributed by atoms with Crippen LogP contribution in [0.15, 0.2) is 24.3 Å². The van der Waals surface area contributed by atoms with Crippen LogP contribution in [-0.2, 0) is 6.42 Å². The molecule has 0 bridgehead atoms. The summed E-state index contributed by atoms with van der Waals surface area (Å²) < 4.78 is 15.3. The summed E-state index contributed by atoms with van der Waals surface area (Å²) in [4.78, 5) is 26.4. The van der Waals surface area contributed by atoms with Gasteiger partial charge in [0.2, 0.25) is 0 Å². The van der Waals surface area contributed by atoms with Crippen molar-refractivity contribution in [2.75, 3.05) is 37.6 Å². The molecule has 0 saturated carbocycles. The van der Waals surface area contributed by atoms with Gasteiger partial charge in [-0.15, -0.1) is 0 Å². The van der Waals surface area contributed by atoms with Gasteiger partial charge in [-0.25, -0.2) is 23.8 Å². The molecular formula is C25H34FN7O. The average Bonchev–Trinajstić information content (AvgIpc) is 3.19. The number of amides is 2. The fourth-order valence-electron chi connectivity index (χ4n) is 4.25. The monoisotopic (exact) mass is 467 g/mol. The molecule has 2 aromatic heterocycles. The number of hydrogen-bond acceptors (Lipinski definition) is 5. The first-order valence-electron chi connectivity index (χ1n) is 12.3. The van der Waals surface area contributed by atoms with Crippen molar-refractivity contribution in [3.63, 3.8) is 0 Å². The number of nitrogens with zero attached hydrogens (tertiary/aromatic N) is 6. The molecule has 0 unspecified atom stereocenters. The standard InChI is InChI=1S/C25H34FN7O/c1-4-6-8-21-28-23(31-14-16-32(17-15-31)25(34)27-13-7-5-2)22-18(3)30-33(24(22)29-21)20-11-9-19(26)10-12-20/h9-12H,4-8,13-17H2,1-3H3,(H,27,34). The largest absolute Gasteiger partial charge is 0.352 e. The summed E-state index contributed by atoms with van der Waals surface area (Å²) in [7, 11) is 0. The quantitative estimate of drug-likeness (QED) is 0.502. The van der Waals surface area contributed by atoms with Gasteiger partial charge < -0.3 is 15.1 Å². The lowest BCUT2D eigenvalue weighted by molar-refractivity contribution is 0.194. The van der Waals surface area contributed by atoms with Gasteiger partial charge in [0.15, 0.2) is 5.65 Å². The number of unbranched alkanes of at least 4 members (excludes halogenated alkanes) is 2. The van der Waals surface area contributed by atoms with Gasteiger partial charge in [0.05, 0.1) is 16.8 Å². The predicted molar refractivity (Wildman–Crippen MR) is 132 cm³/mol. The lowest BCUT2D eigenvalue weighted by Crippen LogP contribution is -2.52. The number of halogens is 1. The summed E-state index contributed by atoms with van der Waals surface area (Å²) in [6.07, 6.45) is 4.89. The zero-order valence-electron chi connectivity index (χ0n) is 20.3. The Morgan fingerprint density at radius 1 is 1.03 bits per heavy atom. The minimum Gasteiger partial charge on any atom is -0.352 e. The first-order chi connectivity index (χ1) is 16.5. The molecule has 182 valence electrons. The molecule has 9 heteroatoms. The number of benzene rings is 1. The van der Waals surface area contributed by atoms with Crippen LogP contribution in [0.3, 0.4) is 0 Å². The highest BCUT2D eigenvalue weighted by Crippen LogP contribution is 2.30. The Morgan fingerprint density at radius 2 is 1.74 bits per heavy atom. The molecule has 1 fully saturated rings. The molecule has 0 aliphatic carbocycles. The van der Waals surface area contributed by atoms with Crippen LogP contribution in [0.25, 0.3) is 16.7 Å². The number of urea groups is 1. The molecule has 34 heavy (non-hydrogen) atoms. The van der Waals surface area contributed by atoms with Crippen LogP contribution >= 0.6 is 0 Å². The molecule has 1 N–H and O–H groups in total. The second-order valence-electron chi connectivity index (χ2n) is 8.80. The predicted octanol–water partition coefficient (Wildman–Crippen LogP) is 4.24. The van der Waals surface area contributed by atoms with Crippen molar-refractivity contribution in [1.29, 1.82) is 0 Å². The number of anilines is 1. The van der Waals surface area contributed by atoms with Crippen molar-refractivity contribution in [3.05, 3.63) is 41.6 Å². The molecule has 0 radical (unpaired) electrons. The van der Waals surface area contributed by atoms with Crippen LogP contribution in [-0.4, -0.2) is 63.4 Å². The highest BCUT2D eigenvalue weighted by atomic mass is 19.1. The van der Waals surface area contributed by atoms with E-state index < -0.39 is 0 Å². The first kappa shape index (κ1) is 23.9. The van der Waals surface area contributed by atoms with E-state index >= 15 is 0 Å². The van der Waals surface area contributed by atoms with Gasteiger partial charge in [0.1, 0.15) is 17.5 Å². The number of rotatable bonds is 8. The molecular weight excluding hydrogens is 433 g/mol. The Labute approximate surface area is 200 Å². The lowest BCUT2D eigenvalue weighted by Gasteiger charge is -2.35. The van der Waals surface area contributed by atoms with Crippen LogP contribution in [0.5, 0.6) is 0 Å². The van der Waals surface area contributed by atoms with Crippen LogP contribution in [0.2, 0.25) is 0 Å². The fraction of sp³-hybridized carbons (Fsp3) is 0.520.